The number of amides is 2. The van der Waals surface area contributed by atoms with E-state index >= 15 is 0 Å². The lowest BCUT2D eigenvalue weighted by Gasteiger charge is -2.19. The van der Waals surface area contributed by atoms with Gasteiger partial charge in [-0.1, -0.05) is 30.3 Å². The van der Waals surface area contributed by atoms with Crippen molar-refractivity contribution in [1.29, 1.82) is 0 Å². The van der Waals surface area contributed by atoms with Gasteiger partial charge in [0.15, 0.2) is 11.9 Å². The lowest BCUT2D eigenvalue weighted by molar-refractivity contribution is -0.134. The highest BCUT2D eigenvalue weighted by atomic mass is 16.5. The van der Waals surface area contributed by atoms with E-state index in [4.69, 9.17) is 4.74 Å². The van der Waals surface area contributed by atoms with Gasteiger partial charge in [0.25, 0.3) is 11.8 Å². The molecule has 0 spiro atoms. The fraction of sp³-hybridized carbons (Fsp3) is 0.182. The number of Topliss-reactive ketones (excluding diaryl/α,β-unsaturated/α-hetero) is 1. The number of carbonyl (C=O) groups is 3. The van der Waals surface area contributed by atoms with E-state index in [-0.39, 0.29) is 17.9 Å². The number of imide groups is 1. The largest absolute Gasteiger partial charge is 0.480 e. The lowest BCUT2D eigenvalue weighted by atomic mass is 10.1. The summed E-state index contributed by atoms with van der Waals surface area (Å²) in [5, 5.41) is 4.29. The smallest absolute Gasteiger partial charge is 0.270 e. The molecule has 2 aromatic carbocycles. The van der Waals surface area contributed by atoms with Crippen molar-refractivity contribution in [1.82, 2.24) is 14.7 Å². The molecular weight excluding hydrogens is 370 g/mol. The lowest BCUT2D eigenvalue weighted by Crippen LogP contribution is -2.44. The average Bonchev–Trinajstić information content (AvgIpc) is 3.09. The van der Waals surface area contributed by atoms with Crippen LogP contribution in [0.1, 0.15) is 33.3 Å². The van der Waals surface area contributed by atoms with Crippen LogP contribution in [0.15, 0.2) is 60.8 Å². The number of rotatable bonds is 4. The average molecular weight is 389 g/mol. The Labute approximate surface area is 167 Å². The number of aromatic nitrogens is 2. The predicted molar refractivity (Wildman–Crippen MR) is 105 cm³/mol. The van der Waals surface area contributed by atoms with Gasteiger partial charge < -0.3 is 4.74 Å². The molecule has 0 bridgehead atoms. The van der Waals surface area contributed by atoms with Crippen molar-refractivity contribution in [2.75, 3.05) is 6.54 Å². The van der Waals surface area contributed by atoms with Crippen LogP contribution in [0.4, 0.5) is 0 Å². The Morgan fingerprint density at radius 2 is 1.76 bits per heavy atom. The van der Waals surface area contributed by atoms with Crippen LogP contribution in [0, 0.1) is 6.92 Å². The zero-order chi connectivity index (χ0) is 20.5. The Morgan fingerprint density at radius 3 is 2.52 bits per heavy atom. The first-order valence-electron chi connectivity index (χ1n) is 9.22. The number of hydrogen-bond donors (Lipinski definition) is 0. The summed E-state index contributed by atoms with van der Waals surface area (Å²) in [7, 11) is 0. The second-order valence-corrected chi connectivity index (χ2v) is 6.80. The van der Waals surface area contributed by atoms with Crippen LogP contribution in [0.3, 0.4) is 0 Å². The van der Waals surface area contributed by atoms with E-state index in [1.165, 1.54) is 6.20 Å². The molecule has 1 aromatic heterocycles. The Hall–Kier alpha value is -3.74. The van der Waals surface area contributed by atoms with E-state index in [1.807, 2.05) is 30.3 Å². The maximum atomic E-state index is 13.0. The maximum absolute atomic E-state index is 13.0. The number of ketones is 1. The number of fused-ring (bicyclic) bond motifs is 1. The zero-order valence-corrected chi connectivity index (χ0v) is 16.0. The highest BCUT2D eigenvalue weighted by molar-refractivity contribution is 6.12. The second-order valence-electron chi connectivity index (χ2n) is 6.80. The molecule has 0 N–H and O–H groups in total. The van der Waals surface area contributed by atoms with Gasteiger partial charge >= 0.3 is 0 Å². The molecule has 0 aliphatic carbocycles. The summed E-state index contributed by atoms with van der Waals surface area (Å²) in [6.45, 7) is 2.97. The molecule has 2 amide bonds. The predicted octanol–water partition coefficient (Wildman–Crippen LogP) is 2.81. The first-order chi connectivity index (χ1) is 14.0. The summed E-state index contributed by atoms with van der Waals surface area (Å²) in [6, 6.07) is 16.1. The Kier molecular flexibility index (Phi) is 4.72. The van der Waals surface area contributed by atoms with Gasteiger partial charge in [-0.25, -0.2) is 4.68 Å². The molecular formula is C22H19N3O4. The van der Waals surface area contributed by atoms with E-state index in [9.17, 15) is 14.4 Å². The number of benzene rings is 2. The van der Waals surface area contributed by atoms with E-state index in [2.05, 4.69) is 5.10 Å². The number of hydrogen-bond acceptors (Lipinski definition) is 5. The molecule has 1 atom stereocenters. The minimum Gasteiger partial charge on any atom is -0.480 e. The summed E-state index contributed by atoms with van der Waals surface area (Å²) in [4.78, 5) is 39.5. The van der Waals surface area contributed by atoms with Gasteiger partial charge in [-0.05, 0) is 38.1 Å². The molecule has 0 radical (unpaired) electrons. The molecule has 4 rings (SSSR count). The normalized spacial score (nSPS) is 16.2. The molecule has 1 aliphatic heterocycles. The SMILES string of the molecule is Cc1c(C(=O)CN2C(=O)c3ccccc3O[C@H](C)C2=O)cnn1-c1ccccc1. The zero-order valence-electron chi connectivity index (χ0n) is 16.0. The van der Waals surface area contributed by atoms with Crippen LogP contribution in [-0.4, -0.2) is 44.9 Å². The quantitative estimate of drug-likeness (QED) is 0.506. The van der Waals surface area contributed by atoms with Crippen molar-refractivity contribution in [3.63, 3.8) is 0 Å². The molecule has 1 aliphatic rings. The minimum atomic E-state index is -0.872. The highest BCUT2D eigenvalue weighted by Crippen LogP contribution is 2.26. The first-order valence-corrected chi connectivity index (χ1v) is 9.22. The summed E-state index contributed by atoms with van der Waals surface area (Å²) in [5.74, 6) is -1.12. The molecule has 2 heterocycles. The van der Waals surface area contributed by atoms with Gasteiger partial charge in [-0.15, -0.1) is 0 Å². The Bertz CT molecular complexity index is 1100. The van der Waals surface area contributed by atoms with E-state index in [1.54, 1.807) is 42.8 Å². The molecule has 29 heavy (non-hydrogen) atoms. The summed E-state index contributed by atoms with van der Waals surface area (Å²) < 4.78 is 7.26. The van der Waals surface area contributed by atoms with Gasteiger partial charge in [0.05, 0.1) is 35.2 Å². The van der Waals surface area contributed by atoms with Crippen LogP contribution in [0.25, 0.3) is 5.69 Å². The van der Waals surface area contributed by atoms with E-state index in [0.29, 0.717) is 17.0 Å². The number of carbonyl (C=O) groups excluding carboxylic acids is 3. The third-order valence-electron chi connectivity index (χ3n) is 4.89. The molecule has 0 unspecified atom stereocenters. The van der Waals surface area contributed by atoms with Crippen LogP contribution in [-0.2, 0) is 4.79 Å². The molecule has 0 fully saturated rings. The van der Waals surface area contributed by atoms with Crippen molar-refractivity contribution < 1.29 is 19.1 Å². The Balaban J connectivity index is 1.64. The standard InChI is InChI=1S/C22H19N3O4/c1-14-18(12-23-25(14)16-8-4-3-5-9-16)19(26)13-24-21(27)15(2)29-20-11-7-6-10-17(20)22(24)28/h3-12,15H,13H2,1-2H3/t15-/m1/s1. The first kappa shape index (κ1) is 18.6. The molecule has 146 valence electrons. The van der Waals surface area contributed by atoms with Crippen molar-refractivity contribution >= 4 is 17.6 Å². The van der Waals surface area contributed by atoms with Crippen LogP contribution in [0.5, 0.6) is 5.75 Å². The third kappa shape index (κ3) is 3.31. The van der Waals surface area contributed by atoms with Gasteiger partial charge in [-0.2, -0.15) is 5.10 Å². The van der Waals surface area contributed by atoms with E-state index in [0.717, 1.165) is 10.6 Å². The van der Waals surface area contributed by atoms with E-state index < -0.39 is 17.9 Å². The topological polar surface area (TPSA) is 81.5 Å². The summed E-state index contributed by atoms with van der Waals surface area (Å²) in [6.07, 6.45) is 0.592. The van der Waals surface area contributed by atoms with Crippen LogP contribution >= 0.6 is 0 Å². The number of para-hydroxylation sites is 2. The molecule has 7 heteroatoms. The van der Waals surface area contributed by atoms with Crippen molar-refractivity contribution in [3.05, 3.63) is 77.6 Å². The fourth-order valence-corrected chi connectivity index (χ4v) is 3.34. The van der Waals surface area contributed by atoms with Gasteiger partial charge in [0.2, 0.25) is 0 Å². The van der Waals surface area contributed by atoms with Gasteiger partial charge in [0.1, 0.15) is 5.75 Å². The highest BCUT2D eigenvalue weighted by Gasteiger charge is 2.35. The minimum absolute atomic E-state index is 0.259. The van der Waals surface area contributed by atoms with Crippen molar-refractivity contribution in [3.8, 4) is 11.4 Å². The second kappa shape index (κ2) is 7.35. The number of ether oxygens (including phenoxy) is 1. The molecule has 0 saturated heterocycles. The third-order valence-corrected chi connectivity index (χ3v) is 4.89. The number of nitrogens with zero attached hydrogens (tertiary/aromatic N) is 3. The Morgan fingerprint density at radius 1 is 1.07 bits per heavy atom. The fourth-order valence-electron chi connectivity index (χ4n) is 3.34. The van der Waals surface area contributed by atoms with Gasteiger partial charge in [0, 0.05) is 0 Å². The van der Waals surface area contributed by atoms with Gasteiger partial charge in [-0.3, -0.25) is 19.3 Å². The summed E-state index contributed by atoms with van der Waals surface area (Å²) >= 11 is 0. The van der Waals surface area contributed by atoms with Crippen molar-refractivity contribution in [2.45, 2.75) is 20.0 Å². The van der Waals surface area contributed by atoms with Crippen molar-refractivity contribution in [2.24, 2.45) is 0 Å². The molecule has 3 aromatic rings. The van der Waals surface area contributed by atoms with Crippen LogP contribution < -0.4 is 4.74 Å². The molecule has 0 saturated carbocycles. The summed E-state index contributed by atoms with van der Waals surface area (Å²) in [5.41, 5.74) is 2.08. The maximum Gasteiger partial charge on any atom is 0.270 e. The molecule has 7 nitrogen and oxygen atoms in total. The van der Waals surface area contributed by atoms with Crippen LogP contribution in [0.2, 0.25) is 0 Å². The monoisotopic (exact) mass is 389 g/mol.